The molecule has 0 atom stereocenters. The van der Waals surface area contributed by atoms with Gasteiger partial charge in [0, 0.05) is 18.2 Å². The smallest absolute Gasteiger partial charge is 0.350 e. The number of aryl methyl sites for hydroxylation is 1. The Morgan fingerprint density at radius 3 is 2.64 bits per heavy atom. The van der Waals surface area contributed by atoms with Gasteiger partial charge in [-0.2, -0.15) is 0 Å². The number of hydrogen-bond acceptors (Lipinski definition) is 7. The van der Waals surface area contributed by atoms with Gasteiger partial charge >= 0.3 is 5.97 Å². The lowest BCUT2D eigenvalue weighted by molar-refractivity contribution is -0.384. The van der Waals surface area contributed by atoms with Gasteiger partial charge in [-0.1, -0.05) is 11.3 Å². The fourth-order valence-electron chi connectivity index (χ4n) is 1.86. The first-order chi connectivity index (χ1) is 11.9. The molecule has 0 radical (unpaired) electrons. The van der Waals surface area contributed by atoms with Crippen molar-refractivity contribution >= 4 is 40.1 Å². The summed E-state index contributed by atoms with van der Waals surface area (Å²) < 4.78 is 4.92. The van der Waals surface area contributed by atoms with E-state index < -0.39 is 16.8 Å². The van der Waals surface area contributed by atoms with Crippen molar-refractivity contribution in [3.8, 4) is 0 Å². The number of nitrogens with zero attached hydrogens (tertiary/aromatic N) is 2. The van der Waals surface area contributed by atoms with E-state index in [9.17, 15) is 19.7 Å². The molecule has 0 spiro atoms. The standard InChI is InChI=1S/C16H15N3O5S/c1-3-24-15(21)14-10(2)17-16(25-14)18-13(20)9-6-11-4-7-12(8-5-11)19(22)23/h4-9H,3H2,1-2H3,(H,17,18,20). The summed E-state index contributed by atoms with van der Waals surface area (Å²) >= 11 is 1.04. The first-order valence-corrected chi connectivity index (χ1v) is 8.10. The fraction of sp³-hybridized carbons (Fsp3) is 0.188. The number of non-ortho nitro benzene ring substituents is 1. The van der Waals surface area contributed by atoms with Crippen LogP contribution in [0.4, 0.5) is 10.8 Å². The number of thiazole rings is 1. The van der Waals surface area contributed by atoms with Gasteiger partial charge in [-0.3, -0.25) is 20.2 Å². The molecular weight excluding hydrogens is 346 g/mol. The molecule has 0 unspecified atom stereocenters. The van der Waals surface area contributed by atoms with Crippen molar-refractivity contribution in [3.63, 3.8) is 0 Å². The number of hydrogen-bond donors (Lipinski definition) is 1. The number of nitrogens with one attached hydrogen (secondary N) is 1. The molecule has 0 bridgehead atoms. The largest absolute Gasteiger partial charge is 0.462 e. The van der Waals surface area contributed by atoms with E-state index in [4.69, 9.17) is 4.74 Å². The van der Waals surface area contributed by atoms with Gasteiger partial charge in [0.05, 0.1) is 17.2 Å². The van der Waals surface area contributed by atoms with Gasteiger partial charge in [-0.05, 0) is 37.6 Å². The minimum atomic E-state index is -0.494. The Labute approximate surface area is 147 Å². The van der Waals surface area contributed by atoms with Crippen molar-refractivity contribution in [2.45, 2.75) is 13.8 Å². The number of amides is 1. The quantitative estimate of drug-likeness (QED) is 0.366. The first kappa shape index (κ1) is 18.3. The predicted octanol–water partition coefficient (Wildman–Crippen LogP) is 3.19. The number of esters is 1. The second-order valence-corrected chi connectivity index (χ2v) is 5.82. The molecule has 1 amide bonds. The van der Waals surface area contributed by atoms with E-state index in [0.29, 0.717) is 21.3 Å². The Morgan fingerprint density at radius 1 is 1.36 bits per heavy atom. The van der Waals surface area contributed by atoms with Crippen LogP contribution in [0.15, 0.2) is 30.3 Å². The van der Waals surface area contributed by atoms with E-state index >= 15 is 0 Å². The van der Waals surface area contributed by atoms with E-state index in [1.807, 2.05) is 0 Å². The number of ether oxygens (including phenoxy) is 1. The SMILES string of the molecule is CCOC(=O)c1sc(NC(=O)C=Cc2ccc([N+](=O)[O-])cc2)nc1C. The molecule has 9 heteroatoms. The Morgan fingerprint density at radius 2 is 2.04 bits per heavy atom. The predicted molar refractivity (Wildman–Crippen MR) is 93.6 cm³/mol. The van der Waals surface area contributed by atoms with Crippen molar-refractivity contribution in [2.24, 2.45) is 0 Å². The number of carbonyl (C=O) groups is 2. The number of anilines is 1. The number of nitro benzene ring substituents is 1. The zero-order valence-electron chi connectivity index (χ0n) is 13.5. The second kappa shape index (κ2) is 8.15. The first-order valence-electron chi connectivity index (χ1n) is 7.28. The molecule has 1 N–H and O–H groups in total. The maximum Gasteiger partial charge on any atom is 0.350 e. The highest BCUT2D eigenvalue weighted by Crippen LogP contribution is 2.23. The summed E-state index contributed by atoms with van der Waals surface area (Å²) in [5.41, 5.74) is 1.10. The summed E-state index contributed by atoms with van der Waals surface area (Å²) in [6, 6.07) is 5.78. The summed E-state index contributed by atoms with van der Waals surface area (Å²) in [7, 11) is 0. The highest BCUT2D eigenvalue weighted by atomic mass is 32.1. The number of carbonyl (C=O) groups excluding carboxylic acids is 2. The minimum absolute atomic E-state index is 0.0219. The summed E-state index contributed by atoms with van der Waals surface area (Å²) in [4.78, 5) is 38.2. The maximum absolute atomic E-state index is 11.9. The van der Waals surface area contributed by atoms with Crippen LogP contribution >= 0.6 is 11.3 Å². The molecule has 0 aliphatic carbocycles. The second-order valence-electron chi connectivity index (χ2n) is 4.83. The zero-order chi connectivity index (χ0) is 18.4. The average molecular weight is 361 g/mol. The molecule has 0 saturated carbocycles. The zero-order valence-corrected chi connectivity index (χ0v) is 14.3. The molecule has 130 valence electrons. The summed E-state index contributed by atoms with van der Waals surface area (Å²) in [5, 5.41) is 13.4. The van der Waals surface area contributed by atoms with Gasteiger partial charge in [-0.25, -0.2) is 9.78 Å². The third-order valence-electron chi connectivity index (χ3n) is 3.02. The molecular formula is C16H15N3O5S. The van der Waals surface area contributed by atoms with Crippen molar-refractivity contribution in [3.05, 3.63) is 56.6 Å². The summed E-state index contributed by atoms with van der Waals surface area (Å²) in [6.07, 6.45) is 2.80. The van der Waals surface area contributed by atoms with E-state index in [2.05, 4.69) is 10.3 Å². The number of benzene rings is 1. The van der Waals surface area contributed by atoms with Crippen molar-refractivity contribution in [2.75, 3.05) is 11.9 Å². The van der Waals surface area contributed by atoms with E-state index in [0.717, 1.165) is 11.3 Å². The molecule has 1 aromatic carbocycles. The van der Waals surface area contributed by atoms with Crippen LogP contribution in [0.2, 0.25) is 0 Å². The molecule has 2 aromatic rings. The van der Waals surface area contributed by atoms with Crippen molar-refractivity contribution in [1.82, 2.24) is 4.98 Å². The van der Waals surface area contributed by atoms with Crippen LogP contribution in [0, 0.1) is 17.0 Å². The monoisotopic (exact) mass is 361 g/mol. The van der Waals surface area contributed by atoms with Crippen LogP contribution < -0.4 is 5.32 Å². The van der Waals surface area contributed by atoms with Crippen LogP contribution in [-0.2, 0) is 9.53 Å². The van der Waals surface area contributed by atoms with E-state index in [1.54, 1.807) is 13.8 Å². The molecule has 1 aromatic heterocycles. The highest BCUT2D eigenvalue weighted by molar-refractivity contribution is 7.17. The molecule has 8 nitrogen and oxygen atoms in total. The third-order valence-corrected chi connectivity index (χ3v) is 4.07. The molecule has 25 heavy (non-hydrogen) atoms. The lowest BCUT2D eigenvalue weighted by Crippen LogP contribution is -2.07. The van der Waals surface area contributed by atoms with Gasteiger partial charge in [0.15, 0.2) is 5.13 Å². The summed E-state index contributed by atoms with van der Waals surface area (Å²) in [6.45, 7) is 3.63. The lowest BCUT2D eigenvalue weighted by Gasteiger charge is -1.98. The third kappa shape index (κ3) is 4.95. The number of rotatable bonds is 6. The van der Waals surface area contributed by atoms with Crippen molar-refractivity contribution in [1.29, 1.82) is 0 Å². The molecule has 0 saturated heterocycles. The minimum Gasteiger partial charge on any atom is -0.462 e. The normalized spacial score (nSPS) is 10.6. The van der Waals surface area contributed by atoms with Crippen LogP contribution in [0.5, 0.6) is 0 Å². The average Bonchev–Trinajstić information content (AvgIpc) is 2.94. The van der Waals surface area contributed by atoms with Gasteiger partial charge in [-0.15, -0.1) is 0 Å². The van der Waals surface area contributed by atoms with Crippen LogP contribution in [-0.4, -0.2) is 28.4 Å². The van der Waals surface area contributed by atoms with Crippen molar-refractivity contribution < 1.29 is 19.2 Å². The highest BCUT2D eigenvalue weighted by Gasteiger charge is 2.16. The topological polar surface area (TPSA) is 111 Å². The van der Waals surface area contributed by atoms with Gasteiger partial charge in [0.2, 0.25) is 5.91 Å². The fourth-order valence-corrected chi connectivity index (χ4v) is 2.73. The molecule has 0 aliphatic rings. The van der Waals surface area contributed by atoms with Crippen LogP contribution in [0.3, 0.4) is 0 Å². The Bertz CT molecular complexity index is 827. The Kier molecular flexibility index (Phi) is 5.96. The van der Waals surface area contributed by atoms with E-state index in [-0.39, 0.29) is 12.3 Å². The lowest BCUT2D eigenvalue weighted by atomic mass is 10.2. The Hall–Kier alpha value is -3.07. The molecule has 1 heterocycles. The maximum atomic E-state index is 11.9. The van der Waals surface area contributed by atoms with Crippen LogP contribution in [0.25, 0.3) is 6.08 Å². The molecule has 2 rings (SSSR count). The van der Waals surface area contributed by atoms with Gasteiger partial charge < -0.3 is 4.74 Å². The molecule has 0 fully saturated rings. The molecule has 0 aliphatic heterocycles. The number of nitro groups is 1. The van der Waals surface area contributed by atoms with E-state index in [1.165, 1.54) is 36.4 Å². The Balaban J connectivity index is 2.01. The van der Waals surface area contributed by atoms with Crippen LogP contribution in [0.1, 0.15) is 27.9 Å². The summed E-state index contributed by atoms with van der Waals surface area (Å²) in [5.74, 6) is -0.901. The number of aromatic nitrogens is 1. The van der Waals surface area contributed by atoms with Gasteiger partial charge in [0.1, 0.15) is 4.88 Å². The van der Waals surface area contributed by atoms with Gasteiger partial charge in [0.25, 0.3) is 5.69 Å².